The average Bonchev–Trinajstić information content (AvgIpc) is 2.76. The van der Waals surface area contributed by atoms with E-state index in [-0.39, 0.29) is 0 Å². The first-order valence-corrected chi connectivity index (χ1v) is 7.44. The summed E-state index contributed by atoms with van der Waals surface area (Å²) >= 11 is 5.27. The van der Waals surface area contributed by atoms with Gasteiger partial charge in [0.2, 0.25) is 0 Å². The molecule has 0 atom stereocenters. The van der Waals surface area contributed by atoms with Gasteiger partial charge in [0.15, 0.2) is 0 Å². The van der Waals surface area contributed by atoms with Gasteiger partial charge in [-0.2, -0.15) is 0 Å². The molecule has 1 nitrogen and oxygen atoms in total. The molecule has 1 N–H and O–H groups in total. The highest BCUT2D eigenvalue weighted by Gasteiger charge is 1.97. The first-order valence-electron chi connectivity index (χ1n) is 5.83. The second-order valence-electron chi connectivity index (χ2n) is 3.97. The fourth-order valence-electron chi connectivity index (χ4n) is 1.72. The van der Waals surface area contributed by atoms with Crippen LogP contribution in [0.5, 0.6) is 0 Å². The normalized spacial score (nSPS) is 10.6. The number of benzene rings is 1. The monoisotopic (exact) mass is 309 g/mol. The molecule has 0 amide bonds. The molecule has 2 aromatic rings. The van der Waals surface area contributed by atoms with E-state index in [0.717, 1.165) is 19.5 Å². The molecule has 0 aliphatic heterocycles. The molecule has 17 heavy (non-hydrogen) atoms. The number of thiophene rings is 1. The van der Waals surface area contributed by atoms with Crippen molar-refractivity contribution in [2.75, 3.05) is 6.54 Å². The third-order valence-corrected chi connectivity index (χ3v) is 4.21. The zero-order valence-electron chi connectivity index (χ0n) is 9.66. The predicted molar refractivity (Wildman–Crippen MR) is 78.5 cm³/mol. The fourth-order valence-corrected chi connectivity index (χ4v) is 3.17. The van der Waals surface area contributed by atoms with Crippen LogP contribution < -0.4 is 5.32 Å². The number of halogens is 1. The Morgan fingerprint density at radius 1 is 1.06 bits per heavy atom. The maximum absolute atomic E-state index is 3.48. The van der Waals surface area contributed by atoms with E-state index in [2.05, 4.69) is 63.7 Å². The van der Waals surface area contributed by atoms with Crippen LogP contribution >= 0.6 is 27.3 Å². The van der Waals surface area contributed by atoms with Gasteiger partial charge in [0.05, 0.1) is 3.79 Å². The van der Waals surface area contributed by atoms with E-state index in [1.807, 2.05) is 0 Å². The molecule has 0 unspecified atom stereocenters. The van der Waals surface area contributed by atoms with E-state index in [0.29, 0.717) is 0 Å². The summed E-state index contributed by atoms with van der Waals surface area (Å²) < 4.78 is 1.21. The van der Waals surface area contributed by atoms with Crippen molar-refractivity contribution >= 4 is 27.3 Å². The lowest BCUT2D eigenvalue weighted by atomic mass is 10.1. The number of nitrogens with one attached hydrogen (secondary N) is 1. The predicted octanol–water partition coefficient (Wildman–Crippen LogP) is 4.23. The van der Waals surface area contributed by atoms with E-state index in [9.17, 15) is 0 Å². The van der Waals surface area contributed by atoms with Crippen molar-refractivity contribution in [3.8, 4) is 0 Å². The molecule has 0 saturated carbocycles. The summed E-state index contributed by atoms with van der Waals surface area (Å²) in [6.07, 6.45) is 2.35. The van der Waals surface area contributed by atoms with Gasteiger partial charge in [-0.05, 0) is 53.0 Å². The number of hydrogen-bond acceptors (Lipinski definition) is 2. The Bertz CT molecular complexity index is 438. The van der Waals surface area contributed by atoms with Gasteiger partial charge in [-0.15, -0.1) is 11.3 Å². The van der Waals surface area contributed by atoms with Crippen molar-refractivity contribution in [1.29, 1.82) is 0 Å². The average molecular weight is 310 g/mol. The second kappa shape index (κ2) is 6.94. The van der Waals surface area contributed by atoms with Gasteiger partial charge in [0.25, 0.3) is 0 Å². The lowest BCUT2D eigenvalue weighted by molar-refractivity contribution is 0.654. The largest absolute Gasteiger partial charge is 0.312 e. The van der Waals surface area contributed by atoms with Crippen molar-refractivity contribution in [3.05, 3.63) is 56.7 Å². The lowest BCUT2D eigenvalue weighted by Gasteiger charge is -2.03. The van der Waals surface area contributed by atoms with Gasteiger partial charge in [0, 0.05) is 11.4 Å². The van der Waals surface area contributed by atoms with Gasteiger partial charge >= 0.3 is 0 Å². The Morgan fingerprint density at radius 2 is 1.88 bits per heavy atom. The molecule has 2 rings (SSSR count). The molecule has 0 saturated heterocycles. The van der Waals surface area contributed by atoms with Crippen molar-refractivity contribution in [3.63, 3.8) is 0 Å². The SMILES string of the molecule is Brc1ccc(CNCCCc2ccccc2)s1. The van der Waals surface area contributed by atoms with Gasteiger partial charge < -0.3 is 5.32 Å². The van der Waals surface area contributed by atoms with E-state index < -0.39 is 0 Å². The first-order chi connectivity index (χ1) is 8.34. The third-order valence-electron chi connectivity index (χ3n) is 2.59. The lowest BCUT2D eigenvalue weighted by Crippen LogP contribution is -2.14. The fraction of sp³-hybridized carbons (Fsp3) is 0.286. The zero-order chi connectivity index (χ0) is 11.9. The topological polar surface area (TPSA) is 12.0 Å². The van der Waals surface area contributed by atoms with Crippen molar-refractivity contribution < 1.29 is 0 Å². The smallest absolute Gasteiger partial charge is 0.0701 e. The molecule has 0 aliphatic rings. The van der Waals surface area contributed by atoms with Crippen LogP contribution in [0.25, 0.3) is 0 Å². The van der Waals surface area contributed by atoms with Crippen LogP contribution in [0, 0.1) is 0 Å². The quantitative estimate of drug-likeness (QED) is 0.787. The summed E-state index contributed by atoms with van der Waals surface area (Å²) in [7, 11) is 0. The van der Waals surface area contributed by atoms with Crippen LogP contribution in [-0.2, 0) is 13.0 Å². The Labute approximate surface area is 115 Å². The standard InChI is InChI=1S/C14H16BrNS/c15-14-9-8-13(17-14)11-16-10-4-7-12-5-2-1-3-6-12/h1-3,5-6,8-9,16H,4,7,10-11H2. The van der Waals surface area contributed by atoms with E-state index in [4.69, 9.17) is 0 Å². The molecule has 0 bridgehead atoms. The van der Waals surface area contributed by atoms with Crippen LogP contribution in [0.2, 0.25) is 0 Å². The number of aryl methyl sites for hydroxylation is 1. The summed E-state index contributed by atoms with van der Waals surface area (Å²) in [5, 5.41) is 3.47. The van der Waals surface area contributed by atoms with Gasteiger partial charge in [-0.25, -0.2) is 0 Å². The van der Waals surface area contributed by atoms with Crippen LogP contribution in [0.4, 0.5) is 0 Å². The molecule has 0 radical (unpaired) electrons. The number of hydrogen-bond donors (Lipinski definition) is 1. The van der Waals surface area contributed by atoms with Crippen molar-refractivity contribution in [1.82, 2.24) is 5.32 Å². The Balaban J connectivity index is 1.61. The second-order valence-corrected chi connectivity index (χ2v) is 6.52. The molecule has 0 fully saturated rings. The van der Waals surface area contributed by atoms with Gasteiger partial charge in [-0.1, -0.05) is 30.3 Å². The minimum absolute atomic E-state index is 0.977. The zero-order valence-corrected chi connectivity index (χ0v) is 12.1. The van der Waals surface area contributed by atoms with E-state index in [1.165, 1.54) is 20.6 Å². The van der Waals surface area contributed by atoms with E-state index in [1.54, 1.807) is 11.3 Å². The minimum atomic E-state index is 0.977. The molecule has 0 spiro atoms. The molecule has 0 aliphatic carbocycles. The third kappa shape index (κ3) is 4.62. The molecule has 1 aromatic carbocycles. The van der Waals surface area contributed by atoms with Gasteiger partial charge in [-0.3, -0.25) is 0 Å². The maximum atomic E-state index is 3.48. The van der Waals surface area contributed by atoms with Crippen LogP contribution in [0.15, 0.2) is 46.3 Å². The summed E-state index contributed by atoms with van der Waals surface area (Å²) in [6, 6.07) is 14.9. The van der Waals surface area contributed by atoms with Crippen molar-refractivity contribution in [2.24, 2.45) is 0 Å². The van der Waals surface area contributed by atoms with Crippen molar-refractivity contribution in [2.45, 2.75) is 19.4 Å². The highest BCUT2D eigenvalue weighted by atomic mass is 79.9. The molecule has 1 aromatic heterocycles. The maximum Gasteiger partial charge on any atom is 0.0701 e. The molecule has 1 heterocycles. The minimum Gasteiger partial charge on any atom is -0.312 e. The summed E-state index contributed by atoms with van der Waals surface area (Å²) in [4.78, 5) is 1.39. The van der Waals surface area contributed by atoms with E-state index >= 15 is 0 Å². The highest BCUT2D eigenvalue weighted by Crippen LogP contribution is 2.21. The molecule has 3 heteroatoms. The Morgan fingerprint density at radius 3 is 2.59 bits per heavy atom. The molecular formula is C14H16BrNS. The van der Waals surface area contributed by atoms with Crippen LogP contribution in [0.1, 0.15) is 16.9 Å². The summed E-state index contributed by atoms with van der Waals surface area (Å²) in [6.45, 7) is 2.05. The Hall–Kier alpha value is -0.640. The highest BCUT2D eigenvalue weighted by molar-refractivity contribution is 9.11. The van der Waals surface area contributed by atoms with Crippen LogP contribution in [0.3, 0.4) is 0 Å². The van der Waals surface area contributed by atoms with Crippen LogP contribution in [-0.4, -0.2) is 6.54 Å². The first kappa shape index (κ1) is 12.8. The number of rotatable bonds is 6. The molecular weight excluding hydrogens is 294 g/mol. The molecule has 90 valence electrons. The summed E-state index contributed by atoms with van der Waals surface area (Å²) in [5.74, 6) is 0. The van der Waals surface area contributed by atoms with Gasteiger partial charge in [0.1, 0.15) is 0 Å². The Kier molecular flexibility index (Phi) is 5.23. The summed E-state index contributed by atoms with van der Waals surface area (Å²) in [5.41, 5.74) is 1.42.